The molecule has 0 aliphatic heterocycles. The van der Waals surface area contributed by atoms with Gasteiger partial charge in [0.15, 0.2) is 12.2 Å². The summed E-state index contributed by atoms with van der Waals surface area (Å²) in [6.45, 7) is 21.1. The van der Waals surface area contributed by atoms with E-state index in [9.17, 15) is 30.0 Å². The SMILES string of the molecule is C=C([C@H]1[C@H](O)[C@H](OC(=O)/C(C)=C\C)[C@@](C)(O)[C@@H](OC(C)=O)[C@H]1OCC(C)C)[C@@H](C[C@H](O)C(C)(C)O)OCC(C)C. The third kappa shape index (κ3) is 9.63. The van der Waals surface area contributed by atoms with Gasteiger partial charge in [-0.3, -0.25) is 4.79 Å². The van der Waals surface area contributed by atoms with E-state index in [2.05, 4.69) is 6.58 Å². The zero-order valence-electron chi connectivity index (χ0n) is 25.8. The van der Waals surface area contributed by atoms with Crippen LogP contribution in [-0.2, 0) is 28.5 Å². The van der Waals surface area contributed by atoms with Gasteiger partial charge in [0.05, 0.1) is 17.8 Å². The second kappa shape index (κ2) is 14.9. The highest BCUT2D eigenvalue weighted by Gasteiger charge is 2.61. The Balaban J connectivity index is 3.73. The largest absolute Gasteiger partial charge is 0.457 e. The van der Waals surface area contributed by atoms with Crippen LogP contribution in [0.2, 0.25) is 0 Å². The number of rotatable bonds is 14. The van der Waals surface area contributed by atoms with Crippen molar-refractivity contribution in [3.63, 3.8) is 0 Å². The highest BCUT2D eigenvalue weighted by Crippen LogP contribution is 2.43. The van der Waals surface area contributed by atoms with Gasteiger partial charge in [-0.15, -0.1) is 0 Å². The molecule has 0 saturated heterocycles. The van der Waals surface area contributed by atoms with Crippen LogP contribution in [0.4, 0.5) is 0 Å². The number of aliphatic hydroxyl groups excluding tert-OH is 2. The van der Waals surface area contributed by atoms with Gasteiger partial charge in [0.1, 0.15) is 17.8 Å². The average Bonchev–Trinajstić information content (AvgIpc) is 2.82. The lowest BCUT2D eigenvalue weighted by Gasteiger charge is -2.52. The van der Waals surface area contributed by atoms with Crippen LogP contribution in [0.3, 0.4) is 0 Å². The Kier molecular flexibility index (Phi) is 13.5. The lowest BCUT2D eigenvalue weighted by Crippen LogP contribution is -2.70. The number of hydrogen-bond donors (Lipinski definition) is 4. The number of aliphatic hydroxyl groups is 4. The van der Waals surface area contributed by atoms with Crippen LogP contribution in [-0.4, -0.2) is 93.4 Å². The Morgan fingerprint density at radius 2 is 1.60 bits per heavy atom. The molecule has 40 heavy (non-hydrogen) atoms. The molecule has 0 bridgehead atoms. The Morgan fingerprint density at radius 1 is 1.05 bits per heavy atom. The van der Waals surface area contributed by atoms with Crippen molar-refractivity contribution in [1.29, 1.82) is 0 Å². The number of carbonyl (C=O) groups is 2. The first kappa shape index (κ1) is 36.2. The highest BCUT2D eigenvalue weighted by molar-refractivity contribution is 5.87. The van der Waals surface area contributed by atoms with E-state index < -0.39 is 65.7 Å². The van der Waals surface area contributed by atoms with Crippen molar-refractivity contribution in [2.24, 2.45) is 17.8 Å². The molecule has 1 saturated carbocycles. The molecule has 10 heteroatoms. The third-order valence-corrected chi connectivity index (χ3v) is 7.11. The third-order valence-electron chi connectivity index (χ3n) is 7.11. The highest BCUT2D eigenvalue weighted by atomic mass is 16.6. The number of carbonyl (C=O) groups excluding carboxylic acids is 2. The number of allylic oxidation sites excluding steroid dienone is 1. The van der Waals surface area contributed by atoms with E-state index in [1.54, 1.807) is 6.92 Å². The quantitative estimate of drug-likeness (QED) is 0.139. The minimum absolute atomic E-state index is 0.0480. The van der Waals surface area contributed by atoms with Crippen molar-refractivity contribution in [1.82, 2.24) is 0 Å². The molecule has 0 unspecified atom stereocenters. The molecule has 0 aromatic heterocycles. The van der Waals surface area contributed by atoms with E-state index in [0.717, 1.165) is 0 Å². The topological polar surface area (TPSA) is 152 Å². The van der Waals surface area contributed by atoms with Crippen molar-refractivity contribution < 1.29 is 49.0 Å². The normalized spacial score (nSPS) is 29.3. The molecular formula is C30H52O10. The monoisotopic (exact) mass is 572 g/mol. The van der Waals surface area contributed by atoms with Gasteiger partial charge in [-0.1, -0.05) is 40.3 Å². The summed E-state index contributed by atoms with van der Waals surface area (Å²) in [7, 11) is 0. The smallest absolute Gasteiger partial charge is 0.333 e. The van der Waals surface area contributed by atoms with Crippen molar-refractivity contribution in [3.05, 3.63) is 23.8 Å². The molecule has 10 nitrogen and oxygen atoms in total. The summed E-state index contributed by atoms with van der Waals surface area (Å²) in [5.41, 5.74) is -2.97. The molecule has 0 amide bonds. The maximum absolute atomic E-state index is 12.8. The molecule has 232 valence electrons. The zero-order valence-corrected chi connectivity index (χ0v) is 25.8. The first-order valence-corrected chi connectivity index (χ1v) is 14.0. The summed E-state index contributed by atoms with van der Waals surface area (Å²) in [5, 5.41) is 44.6. The Bertz CT molecular complexity index is 885. The second-order valence-corrected chi connectivity index (χ2v) is 12.5. The van der Waals surface area contributed by atoms with Gasteiger partial charge in [-0.2, -0.15) is 0 Å². The van der Waals surface area contributed by atoms with Gasteiger partial charge < -0.3 is 39.4 Å². The standard InChI is InChI=1S/C30H52O10/c1-12-18(6)28(34)40-26-24(33)23(19(7)21(37-14-16(2)3)13-22(32)29(9,10)35)25(38-15-17(4)5)27(30(26,11)36)39-20(8)31/h12,16-17,21-27,32-33,35-36H,7,13-15H2,1-6,8-11H3/b18-12-/t21-,22+,23+,24+,25+,26+,27+,30-/m1/s1. The summed E-state index contributed by atoms with van der Waals surface area (Å²) in [6, 6.07) is 0. The van der Waals surface area contributed by atoms with Gasteiger partial charge in [-0.25, -0.2) is 4.79 Å². The lowest BCUT2D eigenvalue weighted by atomic mass is 9.67. The van der Waals surface area contributed by atoms with Crippen LogP contribution in [0.25, 0.3) is 0 Å². The molecular weight excluding hydrogens is 520 g/mol. The average molecular weight is 573 g/mol. The van der Waals surface area contributed by atoms with Crippen LogP contribution in [0, 0.1) is 17.8 Å². The number of esters is 2. The first-order chi connectivity index (χ1) is 18.2. The maximum Gasteiger partial charge on any atom is 0.333 e. The van der Waals surface area contributed by atoms with Gasteiger partial charge in [0.25, 0.3) is 0 Å². The summed E-state index contributed by atoms with van der Waals surface area (Å²) >= 11 is 0. The van der Waals surface area contributed by atoms with Gasteiger partial charge >= 0.3 is 11.9 Å². The summed E-state index contributed by atoms with van der Waals surface area (Å²) < 4.78 is 23.5. The van der Waals surface area contributed by atoms with Crippen molar-refractivity contribution in [2.45, 2.75) is 123 Å². The minimum atomic E-state index is -2.05. The molecule has 4 N–H and O–H groups in total. The van der Waals surface area contributed by atoms with Crippen LogP contribution in [0.15, 0.2) is 23.8 Å². The van der Waals surface area contributed by atoms with E-state index in [4.69, 9.17) is 18.9 Å². The molecule has 1 aliphatic carbocycles. The molecule has 1 aliphatic rings. The first-order valence-electron chi connectivity index (χ1n) is 14.0. The Labute approximate surface area is 239 Å². The molecule has 8 atom stereocenters. The van der Waals surface area contributed by atoms with Crippen LogP contribution in [0.1, 0.15) is 75.7 Å². The van der Waals surface area contributed by atoms with E-state index in [1.807, 2.05) is 27.7 Å². The predicted octanol–water partition coefficient (Wildman–Crippen LogP) is 2.70. The molecule has 1 fully saturated rings. The molecule has 0 aromatic rings. The van der Waals surface area contributed by atoms with Crippen molar-refractivity contribution in [3.8, 4) is 0 Å². The number of ether oxygens (including phenoxy) is 4. The fraction of sp³-hybridized carbons (Fsp3) is 0.800. The summed E-state index contributed by atoms with van der Waals surface area (Å²) in [6.07, 6.45) is -6.16. The second-order valence-electron chi connectivity index (χ2n) is 12.5. The van der Waals surface area contributed by atoms with E-state index in [0.29, 0.717) is 0 Å². The van der Waals surface area contributed by atoms with Crippen LogP contribution >= 0.6 is 0 Å². The fourth-order valence-electron chi connectivity index (χ4n) is 4.56. The molecule has 1 rings (SSSR count). The Morgan fingerprint density at radius 3 is 2.05 bits per heavy atom. The summed E-state index contributed by atoms with van der Waals surface area (Å²) in [4.78, 5) is 25.0. The van der Waals surface area contributed by atoms with Gasteiger partial charge in [-0.05, 0) is 52.0 Å². The fourth-order valence-corrected chi connectivity index (χ4v) is 4.56. The van der Waals surface area contributed by atoms with Crippen molar-refractivity contribution in [2.75, 3.05) is 13.2 Å². The maximum atomic E-state index is 12.8. The van der Waals surface area contributed by atoms with E-state index in [-0.39, 0.29) is 42.6 Å². The molecule has 0 radical (unpaired) electrons. The van der Waals surface area contributed by atoms with Crippen LogP contribution in [0.5, 0.6) is 0 Å². The van der Waals surface area contributed by atoms with Crippen LogP contribution < -0.4 is 0 Å². The van der Waals surface area contributed by atoms with E-state index in [1.165, 1.54) is 40.7 Å². The predicted molar refractivity (Wildman–Crippen MR) is 150 cm³/mol. The lowest BCUT2D eigenvalue weighted by molar-refractivity contribution is -0.265. The summed E-state index contributed by atoms with van der Waals surface area (Å²) in [5.74, 6) is -2.36. The Hall–Kier alpha value is -1.82. The molecule has 0 heterocycles. The molecule has 0 spiro atoms. The number of hydrogen-bond acceptors (Lipinski definition) is 10. The van der Waals surface area contributed by atoms with Gasteiger partial charge in [0.2, 0.25) is 0 Å². The molecule has 0 aromatic carbocycles. The minimum Gasteiger partial charge on any atom is -0.457 e. The zero-order chi connectivity index (χ0) is 31.2. The van der Waals surface area contributed by atoms with Crippen molar-refractivity contribution >= 4 is 11.9 Å². The van der Waals surface area contributed by atoms with E-state index >= 15 is 0 Å². The van der Waals surface area contributed by atoms with Gasteiger partial charge in [0, 0.05) is 38.0 Å².